The normalized spacial score (nSPS) is 12.5. The van der Waals surface area contributed by atoms with Crippen molar-refractivity contribution >= 4 is 38.2 Å². The number of hydrogen-bond donors (Lipinski definition) is 0. The molecule has 0 aliphatic carbocycles. The molecule has 0 aliphatic heterocycles. The highest BCUT2D eigenvalue weighted by Gasteiger charge is 2.21. The number of aryl methyl sites for hydroxylation is 1. The van der Waals surface area contributed by atoms with Crippen molar-refractivity contribution in [1.29, 1.82) is 5.26 Å². The van der Waals surface area contributed by atoms with E-state index < -0.39 is 0 Å². The van der Waals surface area contributed by atoms with Gasteiger partial charge >= 0.3 is 0 Å². The Morgan fingerprint density at radius 3 is 2.79 bits per heavy atom. The van der Waals surface area contributed by atoms with Crippen molar-refractivity contribution in [2.75, 3.05) is 13.6 Å². The number of carbonyl (C=O) groups is 1. The zero-order chi connectivity index (χ0) is 20.4. The second-order valence-electron chi connectivity index (χ2n) is 7.20. The summed E-state index contributed by atoms with van der Waals surface area (Å²) in [6.07, 6.45) is 2.31. The highest BCUT2D eigenvalue weighted by molar-refractivity contribution is 7.18. The Morgan fingerprint density at radius 1 is 1.24 bits per heavy atom. The molecule has 0 saturated carbocycles. The summed E-state index contributed by atoms with van der Waals surface area (Å²) >= 11 is 1.67. The van der Waals surface area contributed by atoms with Crippen LogP contribution in [0.25, 0.3) is 21.1 Å². The number of rotatable bonds is 7. The highest BCUT2D eigenvalue weighted by Crippen LogP contribution is 2.29. The minimum Gasteiger partial charge on any atom is -0.346 e. The van der Waals surface area contributed by atoms with Gasteiger partial charge < -0.3 is 4.57 Å². The standard InChI is InChI=1S/C23H22N4OS/c1-16(23-25-19-9-4-6-11-22(19)29-23)26(2)15-21(28)18-14-27(13-7-12-24)20-10-5-3-8-17(18)20/h3-6,8-11,14,16H,7,13,15H2,1-2H3. The van der Waals surface area contributed by atoms with Gasteiger partial charge in [-0.05, 0) is 32.2 Å². The summed E-state index contributed by atoms with van der Waals surface area (Å²) in [4.78, 5) is 19.9. The monoisotopic (exact) mass is 402 g/mol. The van der Waals surface area contributed by atoms with Crippen molar-refractivity contribution in [2.45, 2.75) is 25.9 Å². The van der Waals surface area contributed by atoms with E-state index in [1.165, 1.54) is 0 Å². The number of nitriles is 1. The van der Waals surface area contributed by atoms with Gasteiger partial charge in [0.05, 0.1) is 35.3 Å². The van der Waals surface area contributed by atoms with E-state index in [0.717, 1.165) is 26.1 Å². The number of ketones is 1. The van der Waals surface area contributed by atoms with Crippen LogP contribution in [0.15, 0.2) is 54.7 Å². The molecular formula is C23H22N4OS. The van der Waals surface area contributed by atoms with E-state index in [2.05, 4.69) is 19.1 Å². The van der Waals surface area contributed by atoms with E-state index >= 15 is 0 Å². The summed E-state index contributed by atoms with van der Waals surface area (Å²) in [6, 6.07) is 18.2. The Kier molecular flexibility index (Phi) is 5.43. The number of carbonyl (C=O) groups excluding carboxylic acids is 1. The van der Waals surface area contributed by atoms with Gasteiger partial charge in [0, 0.05) is 29.2 Å². The summed E-state index contributed by atoms with van der Waals surface area (Å²) in [6.45, 7) is 2.98. The summed E-state index contributed by atoms with van der Waals surface area (Å²) in [5, 5.41) is 10.9. The summed E-state index contributed by atoms with van der Waals surface area (Å²) in [5.74, 6) is 0.0763. The lowest BCUT2D eigenvalue weighted by Gasteiger charge is -2.21. The van der Waals surface area contributed by atoms with Gasteiger partial charge in [-0.1, -0.05) is 30.3 Å². The molecule has 1 unspecified atom stereocenters. The van der Waals surface area contributed by atoms with Gasteiger partial charge in [0.2, 0.25) is 0 Å². The third-order valence-electron chi connectivity index (χ3n) is 5.28. The molecular weight excluding hydrogens is 380 g/mol. The van der Waals surface area contributed by atoms with E-state index in [4.69, 9.17) is 10.2 Å². The van der Waals surface area contributed by atoms with Crippen LogP contribution in [0.4, 0.5) is 0 Å². The molecule has 0 aliphatic rings. The van der Waals surface area contributed by atoms with Crippen molar-refractivity contribution in [1.82, 2.24) is 14.5 Å². The van der Waals surface area contributed by atoms with Crippen molar-refractivity contribution in [3.05, 3.63) is 65.3 Å². The zero-order valence-electron chi connectivity index (χ0n) is 16.5. The second kappa shape index (κ2) is 8.16. The van der Waals surface area contributed by atoms with E-state index in [9.17, 15) is 4.79 Å². The largest absolute Gasteiger partial charge is 0.346 e. The minimum absolute atomic E-state index is 0.0447. The summed E-state index contributed by atoms with van der Waals surface area (Å²) in [7, 11) is 1.96. The molecule has 0 radical (unpaired) electrons. The first-order valence-corrected chi connectivity index (χ1v) is 10.4. The number of hydrogen-bond acceptors (Lipinski definition) is 5. The molecule has 0 fully saturated rings. The van der Waals surface area contributed by atoms with Crippen molar-refractivity contribution < 1.29 is 4.79 Å². The van der Waals surface area contributed by atoms with Crippen molar-refractivity contribution in [3.63, 3.8) is 0 Å². The maximum atomic E-state index is 13.1. The average molecular weight is 403 g/mol. The smallest absolute Gasteiger partial charge is 0.178 e. The van der Waals surface area contributed by atoms with Crippen LogP contribution in [0.2, 0.25) is 0 Å². The zero-order valence-corrected chi connectivity index (χ0v) is 17.3. The van der Waals surface area contributed by atoms with E-state index in [1.807, 2.05) is 65.2 Å². The number of para-hydroxylation sites is 2. The molecule has 0 spiro atoms. The first-order chi connectivity index (χ1) is 14.1. The Balaban J connectivity index is 1.56. The fourth-order valence-corrected chi connectivity index (χ4v) is 4.61. The molecule has 0 amide bonds. The quantitative estimate of drug-likeness (QED) is 0.406. The van der Waals surface area contributed by atoms with Gasteiger partial charge in [-0.25, -0.2) is 4.98 Å². The molecule has 2 aromatic carbocycles. The number of nitrogens with zero attached hydrogens (tertiary/aromatic N) is 4. The van der Waals surface area contributed by atoms with Crippen molar-refractivity contribution in [3.8, 4) is 6.07 Å². The molecule has 29 heavy (non-hydrogen) atoms. The Bertz CT molecular complexity index is 1180. The van der Waals surface area contributed by atoms with Crippen LogP contribution in [0.5, 0.6) is 0 Å². The van der Waals surface area contributed by atoms with Crippen LogP contribution in [0, 0.1) is 11.3 Å². The Morgan fingerprint density at radius 2 is 2.00 bits per heavy atom. The number of likely N-dealkylation sites (N-methyl/N-ethyl adjacent to an activating group) is 1. The van der Waals surface area contributed by atoms with Crippen LogP contribution in [0.1, 0.15) is 34.8 Å². The minimum atomic E-state index is 0.0447. The third-order valence-corrected chi connectivity index (χ3v) is 6.48. The van der Waals surface area contributed by atoms with Crippen LogP contribution < -0.4 is 0 Å². The van der Waals surface area contributed by atoms with Gasteiger partial charge in [0.15, 0.2) is 5.78 Å². The SMILES string of the molecule is CC(c1nc2ccccc2s1)N(C)CC(=O)c1cn(CCC#N)c2ccccc12. The first kappa shape index (κ1) is 19.3. The van der Waals surface area contributed by atoms with E-state index in [-0.39, 0.29) is 11.8 Å². The fraction of sp³-hybridized carbons (Fsp3) is 0.261. The number of aromatic nitrogens is 2. The third kappa shape index (κ3) is 3.80. The predicted octanol–water partition coefficient (Wildman–Crippen LogP) is 5.04. The van der Waals surface area contributed by atoms with E-state index in [1.54, 1.807) is 11.3 Å². The average Bonchev–Trinajstić information content (AvgIpc) is 3.33. The molecule has 6 heteroatoms. The fourth-order valence-electron chi connectivity index (χ4n) is 3.53. The van der Waals surface area contributed by atoms with Gasteiger partial charge in [0.25, 0.3) is 0 Å². The van der Waals surface area contributed by atoms with Crippen LogP contribution in [-0.2, 0) is 6.54 Å². The lowest BCUT2D eigenvalue weighted by atomic mass is 10.1. The van der Waals surface area contributed by atoms with Crippen molar-refractivity contribution in [2.24, 2.45) is 0 Å². The van der Waals surface area contributed by atoms with Crippen LogP contribution in [-0.4, -0.2) is 33.8 Å². The van der Waals surface area contributed by atoms with Gasteiger partial charge in [0.1, 0.15) is 5.01 Å². The highest BCUT2D eigenvalue weighted by atomic mass is 32.1. The lowest BCUT2D eigenvalue weighted by molar-refractivity contribution is 0.0926. The maximum absolute atomic E-state index is 13.1. The second-order valence-corrected chi connectivity index (χ2v) is 8.26. The molecule has 0 bridgehead atoms. The number of Topliss-reactive ketones (excluding diaryl/α,β-unsaturated/α-hetero) is 1. The molecule has 2 aromatic heterocycles. The number of thiazole rings is 1. The van der Waals surface area contributed by atoms with E-state index in [0.29, 0.717) is 25.1 Å². The summed E-state index contributed by atoms with van der Waals surface area (Å²) in [5.41, 5.74) is 2.70. The van der Waals surface area contributed by atoms with Gasteiger partial charge in [-0.2, -0.15) is 5.26 Å². The number of fused-ring (bicyclic) bond motifs is 2. The molecule has 4 aromatic rings. The van der Waals surface area contributed by atoms with Crippen LogP contribution >= 0.6 is 11.3 Å². The summed E-state index contributed by atoms with van der Waals surface area (Å²) < 4.78 is 3.16. The van der Waals surface area contributed by atoms with Crippen LogP contribution in [0.3, 0.4) is 0 Å². The first-order valence-electron chi connectivity index (χ1n) is 9.62. The van der Waals surface area contributed by atoms with Gasteiger partial charge in [-0.3, -0.25) is 9.69 Å². The topological polar surface area (TPSA) is 61.9 Å². The van der Waals surface area contributed by atoms with Gasteiger partial charge in [-0.15, -0.1) is 11.3 Å². The molecule has 5 nitrogen and oxygen atoms in total. The molecule has 2 heterocycles. The Hall–Kier alpha value is -3.01. The maximum Gasteiger partial charge on any atom is 0.178 e. The molecule has 146 valence electrons. The molecule has 1 atom stereocenters. The molecule has 0 saturated heterocycles. The Labute approximate surface area is 173 Å². The number of benzene rings is 2. The molecule has 0 N–H and O–H groups in total. The predicted molar refractivity (Wildman–Crippen MR) is 117 cm³/mol. The molecule has 4 rings (SSSR count). The lowest BCUT2D eigenvalue weighted by Crippen LogP contribution is -2.28.